The van der Waals surface area contributed by atoms with Gasteiger partial charge < -0.3 is 15.3 Å². The Labute approximate surface area is 126 Å². The van der Waals surface area contributed by atoms with Crippen molar-refractivity contribution in [3.05, 3.63) is 28.8 Å². The molecule has 0 saturated carbocycles. The molecule has 3 nitrogen and oxygen atoms in total. The van der Waals surface area contributed by atoms with Gasteiger partial charge in [-0.3, -0.25) is 0 Å². The number of halogens is 1. The fraction of sp³-hybridized carbons (Fsp3) is 0.625. The molecule has 1 aromatic carbocycles. The zero-order valence-electron chi connectivity index (χ0n) is 12.5. The predicted molar refractivity (Wildman–Crippen MR) is 85.5 cm³/mol. The first-order valence-electron chi connectivity index (χ1n) is 7.49. The molecule has 4 heteroatoms. The third-order valence-corrected chi connectivity index (χ3v) is 4.36. The Bertz CT molecular complexity index is 438. The molecule has 0 radical (unpaired) electrons. The zero-order valence-corrected chi connectivity index (χ0v) is 13.2. The van der Waals surface area contributed by atoms with Crippen LogP contribution in [-0.4, -0.2) is 30.3 Å². The summed E-state index contributed by atoms with van der Waals surface area (Å²) in [7, 11) is 0. The molecule has 0 unspecified atom stereocenters. The van der Waals surface area contributed by atoms with E-state index in [2.05, 4.69) is 23.2 Å². The van der Waals surface area contributed by atoms with Gasteiger partial charge in [0.15, 0.2) is 0 Å². The fourth-order valence-electron chi connectivity index (χ4n) is 2.64. The van der Waals surface area contributed by atoms with E-state index in [9.17, 15) is 5.11 Å². The largest absolute Gasteiger partial charge is 0.390 e. The minimum absolute atomic E-state index is 0.518. The van der Waals surface area contributed by atoms with E-state index in [-0.39, 0.29) is 0 Å². The highest BCUT2D eigenvalue weighted by atomic mass is 35.5. The van der Waals surface area contributed by atoms with Crippen LogP contribution in [0.3, 0.4) is 0 Å². The summed E-state index contributed by atoms with van der Waals surface area (Å²) in [4.78, 5) is 2.34. The molecule has 0 bridgehead atoms. The highest BCUT2D eigenvalue weighted by Gasteiger charge is 2.28. The van der Waals surface area contributed by atoms with Gasteiger partial charge in [-0.25, -0.2) is 0 Å². The van der Waals surface area contributed by atoms with Crippen molar-refractivity contribution >= 4 is 17.3 Å². The molecule has 2 N–H and O–H groups in total. The average Bonchev–Trinajstić information content (AvgIpc) is 2.41. The molecule has 1 aliphatic heterocycles. The normalized spacial score (nSPS) is 18.3. The van der Waals surface area contributed by atoms with Crippen molar-refractivity contribution in [2.45, 2.75) is 45.3 Å². The molecular formula is C16H25ClN2O. The van der Waals surface area contributed by atoms with Crippen molar-refractivity contribution in [2.75, 3.05) is 24.5 Å². The lowest BCUT2D eigenvalue weighted by molar-refractivity contribution is 0.0351. The van der Waals surface area contributed by atoms with Crippen LogP contribution in [0, 0.1) is 0 Å². The van der Waals surface area contributed by atoms with Crippen LogP contribution >= 0.6 is 11.6 Å². The Morgan fingerprint density at radius 2 is 2.05 bits per heavy atom. The first-order valence-corrected chi connectivity index (χ1v) is 7.87. The van der Waals surface area contributed by atoms with Crippen molar-refractivity contribution in [1.29, 1.82) is 0 Å². The summed E-state index contributed by atoms with van der Waals surface area (Å²) < 4.78 is 0. The van der Waals surface area contributed by atoms with Gasteiger partial charge in [-0.15, -0.1) is 0 Å². The van der Waals surface area contributed by atoms with Gasteiger partial charge in [-0.1, -0.05) is 24.6 Å². The van der Waals surface area contributed by atoms with Gasteiger partial charge >= 0.3 is 0 Å². The second-order valence-electron chi connectivity index (χ2n) is 5.90. The molecule has 112 valence electrons. The Hall–Kier alpha value is -0.770. The van der Waals surface area contributed by atoms with Gasteiger partial charge in [0.25, 0.3) is 0 Å². The monoisotopic (exact) mass is 296 g/mol. The van der Waals surface area contributed by atoms with E-state index in [0.29, 0.717) is 0 Å². The molecular weight excluding hydrogens is 272 g/mol. The molecule has 0 aliphatic carbocycles. The van der Waals surface area contributed by atoms with E-state index in [1.807, 2.05) is 19.1 Å². The summed E-state index contributed by atoms with van der Waals surface area (Å²) in [6, 6.07) is 6.09. The Kier molecular flexibility index (Phi) is 5.30. The number of aliphatic hydroxyl groups is 1. The van der Waals surface area contributed by atoms with Gasteiger partial charge in [-0.2, -0.15) is 0 Å². The molecule has 1 aromatic rings. The maximum Gasteiger partial charge on any atom is 0.0653 e. The molecule has 1 heterocycles. The average molecular weight is 297 g/mol. The molecule has 0 amide bonds. The molecule has 1 aliphatic rings. The van der Waals surface area contributed by atoms with Crippen LogP contribution in [0.1, 0.15) is 38.7 Å². The molecule has 20 heavy (non-hydrogen) atoms. The van der Waals surface area contributed by atoms with Crippen LogP contribution in [0.5, 0.6) is 0 Å². The molecule has 1 saturated heterocycles. The molecule has 1 fully saturated rings. The maximum atomic E-state index is 10.1. The number of hydrogen-bond acceptors (Lipinski definition) is 3. The fourth-order valence-corrected chi connectivity index (χ4v) is 2.87. The van der Waals surface area contributed by atoms with Crippen LogP contribution in [0.25, 0.3) is 0 Å². The van der Waals surface area contributed by atoms with Crippen molar-refractivity contribution in [2.24, 2.45) is 0 Å². The Morgan fingerprint density at radius 3 is 2.70 bits per heavy atom. The number of benzene rings is 1. The smallest absolute Gasteiger partial charge is 0.0653 e. The van der Waals surface area contributed by atoms with E-state index in [1.54, 1.807) is 0 Å². The van der Waals surface area contributed by atoms with Crippen molar-refractivity contribution in [1.82, 2.24) is 5.32 Å². The van der Waals surface area contributed by atoms with E-state index in [0.717, 1.165) is 50.5 Å². The molecule has 0 spiro atoms. The second kappa shape index (κ2) is 6.79. The highest BCUT2D eigenvalue weighted by Crippen LogP contribution is 2.31. The number of hydrogen-bond donors (Lipinski definition) is 2. The van der Waals surface area contributed by atoms with Crippen molar-refractivity contribution in [3.8, 4) is 0 Å². The van der Waals surface area contributed by atoms with Crippen LogP contribution in [0.15, 0.2) is 18.2 Å². The lowest BCUT2D eigenvalue weighted by atomic mass is 9.93. The standard InChI is InChI=1S/C16H25ClN2O/c1-3-9-18-12-13-14(17)5-4-6-15(13)19-10-7-16(2,20)8-11-19/h4-6,18,20H,3,7-12H2,1-2H3. The van der Waals surface area contributed by atoms with E-state index in [1.165, 1.54) is 11.3 Å². The lowest BCUT2D eigenvalue weighted by Crippen LogP contribution is -2.43. The van der Waals surface area contributed by atoms with Crippen molar-refractivity contribution < 1.29 is 5.11 Å². The molecule has 2 rings (SSSR count). The molecule has 0 aromatic heterocycles. The number of rotatable bonds is 5. The SMILES string of the molecule is CCCNCc1c(Cl)cccc1N1CCC(C)(O)CC1. The number of piperidine rings is 1. The summed E-state index contributed by atoms with van der Waals surface area (Å²) in [6.07, 6.45) is 2.73. The highest BCUT2D eigenvalue weighted by molar-refractivity contribution is 6.31. The number of nitrogens with zero attached hydrogens (tertiary/aromatic N) is 1. The van der Waals surface area contributed by atoms with Crippen LogP contribution in [0.2, 0.25) is 5.02 Å². The lowest BCUT2D eigenvalue weighted by Gasteiger charge is -2.38. The first kappa shape index (κ1) is 15.6. The van der Waals surface area contributed by atoms with Crippen LogP contribution in [0.4, 0.5) is 5.69 Å². The molecule has 0 atom stereocenters. The number of anilines is 1. The summed E-state index contributed by atoms with van der Waals surface area (Å²) in [5.74, 6) is 0. The minimum atomic E-state index is -0.518. The predicted octanol–water partition coefficient (Wildman–Crippen LogP) is 3.19. The topological polar surface area (TPSA) is 35.5 Å². The van der Waals surface area contributed by atoms with E-state index in [4.69, 9.17) is 11.6 Å². The first-order chi connectivity index (χ1) is 9.53. The van der Waals surface area contributed by atoms with Crippen LogP contribution in [-0.2, 0) is 6.54 Å². The Balaban J connectivity index is 2.12. The third kappa shape index (κ3) is 3.87. The number of nitrogens with one attached hydrogen (secondary N) is 1. The quantitative estimate of drug-likeness (QED) is 0.819. The summed E-state index contributed by atoms with van der Waals surface area (Å²) in [6.45, 7) is 7.65. The van der Waals surface area contributed by atoms with Gasteiger partial charge in [0.05, 0.1) is 5.60 Å². The summed E-state index contributed by atoms with van der Waals surface area (Å²) in [5.41, 5.74) is 1.86. The van der Waals surface area contributed by atoms with Crippen molar-refractivity contribution in [3.63, 3.8) is 0 Å². The minimum Gasteiger partial charge on any atom is -0.390 e. The van der Waals surface area contributed by atoms with E-state index >= 15 is 0 Å². The maximum absolute atomic E-state index is 10.1. The zero-order chi connectivity index (χ0) is 14.6. The van der Waals surface area contributed by atoms with Gasteiger partial charge in [-0.05, 0) is 44.9 Å². The Morgan fingerprint density at radius 1 is 1.35 bits per heavy atom. The van der Waals surface area contributed by atoms with Crippen LogP contribution < -0.4 is 10.2 Å². The summed E-state index contributed by atoms with van der Waals surface area (Å²) >= 11 is 6.37. The van der Waals surface area contributed by atoms with Gasteiger partial charge in [0.2, 0.25) is 0 Å². The second-order valence-corrected chi connectivity index (χ2v) is 6.31. The van der Waals surface area contributed by atoms with E-state index < -0.39 is 5.60 Å². The van der Waals surface area contributed by atoms with Gasteiger partial charge in [0.1, 0.15) is 0 Å². The summed E-state index contributed by atoms with van der Waals surface area (Å²) in [5, 5.41) is 14.3. The van der Waals surface area contributed by atoms with Gasteiger partial charge in [0, 0.05) is 35.9 Å². The third-order valence-electron chi connectivity index (χ3n) is 4.00.